The average molecular weight is 186 g/mol. The maximum Gasteiger partial charge on any atom is 0.125 e. The van der Waals surface area contributed by atoms with Gasteiger partial charge in [-0.25, -0.2) is 4.39 Å². The summed E-state index contributed by atoms with van der Waals surface area (Å²) in [6.45, 7) is 2.03. The van der Waals surface area contributed by atoms with E-state index in [1.165, 1.54) is 19.3 Å². The van der Waals surface area contributed by atoms with Gasteiger partial charge in [0.15, 0.2) is 0 Å². The molecule has 2 nitrogen and oxygen atoms in total. The minimum Gasteiger partial charge on any atom is -0.328 e. The first-order chi connectivity index (χ1) is 6.23. The zero-order valence-electron chi connectivity index (χ0n) is 8.14. The Labute approximate surface area is 79.3 Å². The monoisotopic (exact) mass is 186 g/mol. The molecular formula is C10H19FN2. The van der Waals surface area contributed by atoms with Crippen LogP contribution >= 0.6 is 0 Å². The summed E-state index contributed by atoms with van der Waals surface area (Å²) in [5.74, 6) is 0. The molecule has 2 rings (SSSR count). The summed E-state index contributed by atoms with van der Waals surface area (Å²) >= 11 is 0. The molecule has 0 unspecified atom stereocenters. The van der Waals surface area contributed by atoms with Gasteiger partial charge in [0.1, 0.15) is 5.67 Å². The fraction of sp³-hybridized carbons (Fsp3) is 1.00. The number of nitrogens with two attached hydrogens (primary N) is 1. The molecule has 0 aromatic rings. The molecule has 0 atom stereocenters. The Hall–Kier alpha value is -0.150. The zero-order chi connectivity index (χ0) is 9.31. The first kappa shape index (κ1) is 9.41. The molecular weight excluding hydrogens is 167 g/mol. The lowest BCUT2D eigenvalue weighted by molar-refractivity contribution is 0.0238. The molecule has 1 saturated carbocycles. The maximum atomic E-state index is 13.7. The zero-order valence-corrected chi connectivity index (χ0v) is 8.14. The van der Waals surface area contributed by atoms with E-state index in [4.69, 9.17) is 5.73 Å². The van der Waals surface area contributed by atoms with E-state index in [2.05, 4.69) is 4.90 Å². The summed E-state index contributed by atoms with van der Waals surface area (Å²) in [7, 11) is 0. The maximum absolute atomic E-state index is 13.7. The lowest BCUT2D eigenvalue weighted by Gasteiger charge is -2.43. The number of nitrogens with zero attached hydrogens (tertiary/aromatic N) is 1. The van der Waals surface area contributed by atoms with Crippen LogP contribution in [0.2, 0.25) is 0 Å². The summed E-state index contributed by atoms with van der Waals surface area (Å²) < 4.78 is 13.7. The summed E-state index contributed by atoms with van der Waals surface area (Å²) in [5.41, 5.74) is 4.36. The number of alkyl halides is 1. The van der Waals surface area contributed by atoms with Crippen LogP contribution in [0.3, 0.4) is 0 Å². The summed E-state index contributed by atoms with van der Waals surface area (Å²) in [5, 5.41) is 0. The lowest BCUT2D eigenvalue weighted by Crippen LogP contribution is -2.50. The predicted molar refractivity (Wildman–Crippen MR) is 51.3 cm³/mol. The fourth-order valence-electron chi connectivity index (χ4n) is 2.25. The molecule has 0 aromatic heterocycles. The van der Waals surface area contributed by atoms with Gasteiger partial charge in [-0.3, -0.25) is 0 Å². The lowest BCUT2D eigenvalue weighted by atomic mass is 9.87. The van der Waals surface area contributed by atoms with E-state index in [-0.39, 0.29) is 6.54 Å². The average Bonchev–Trinajstić information content (AvgIpc) is 2.06. The highest BCUT2D eigenvalue weighted by molar-refractivity contribution is 4.91. The fourth-order valence-corrected chi connectivity index (χ4v) is 2.25. The number of hydrogen-bond donors (Lipinski definition) is 1. The number of piperidine rings is 1. The van der Waals surface area contributed by atoms with Gasteiger partial charge in [0.25, 0.3) is 0 Å². The molecule has 1 aliphatic heterocycles. The van der Waals surface area contributed by atoms with Crippen molar-refractivity contribution in [1.29, 1.82) is 0 Å². The second-order valence-corrected chi connectivity index (χ2v) is 4.48. The number of hydrogen-bond acceptors (Lipinski definition) is 2. The molecule has 2 aliphatic rings. The Kier molecular flexibility index (Phi) is 2.56. The number of halogens is 1. The number of likely N-dealkylation sites (tertiary alicyclic amines) is 1. The molecule has 76 valence electrons. The highest BCUT2D eigenvalue weighted by atomic mass is 19.1. The Morgan fingerprint density at radius 3 is 2.31 bits per heavy atom. The smallest absolute Gasteiger partial charge is 0.125 e. The van der Waals surface area contributed by atoms with Gasteiger partial charge in [-0.2, -0.15) is 0 Å². The van der Waals surface area contributed by atoms with Crippen LogP contribution < -0.4 is 5.73 Å². The molecule has 0 aromatic carbocycles. The van der Waals surface area contributed by atoms with Crippen molar-refractivity contribution in [3.8, 4) is 0 Å². The highest BCUT2D eigenvalue weighted by Crippen LogP contribution is 2.31. The van der Waals surface area contributed by atoms with Crippen molar-refractivity contribution in [1.82, 2.24) is 4.90 Å². The van der Waals surface area contributed by atoms with Crippen LogP contribution in [0.1, 0.15) is 32.1 Å². The second-order valence-electron chi connectivity index (χ2n) is 4.48. The highest BCUT2D eigenvalue weighted by Gasteiger charge is 2.36. The quantitative estimate of drug-likeness (QED) is 0.704. The van der Waals surface area contributed by atoms with Gasteiger partial charge in [0.05, 0.1) is 0 Å². The summed E-state index contributed by atoms with van der Waals surface area (Å²) in [6, 6.07) is 0.766. The summed E-state index contributed by atoms with van der Waals surface area (Å²) in [4.78, 5) is 2.44. The van der Waals surface area contributed by atoms with Gasteiger partial charge in [0.2, 0.25) is 0 Å². The van der Waals surface area contributed by atoms with Crippen molar-refractivity contribution < 1.29 is 4.39 Å². The molecule has 0 amide bonds. The first-order valence-electron chi connectivity index (χ1n) is 5.37. The third-order valence-electron chi connectivity index (χ3n) is 3.65. The Morgan fingerprint density at radius 1 is 1.31 bits per heavy atom. The van der Waals surface area contributed by atoms with Gasteiger partial charge in [-0.1, -0.05) is 6.42 Å². The van der Waals surface area contributed by atoms with Crippen LogP contribution in [-0.4, -0.2) is 36.2 Å². The van der Waals surface area contributed by atoms with Gasteiger partial charge in [-0.15, -0.1) is 0 Å². The molecule has 0 radical (unpaired) electrons. The Morgan fingerprint density at radius 2 is 1.92 bits per heavy atom. The standard InChI is InChI=1S/C10H19FN2/c11-10(8-12)4-6-13(7-5-10)9-2-1-3-9/h9H,1-8,12H2. The molecule has 1 saturated heterocycles. The first-order valence-corrected chi connectivity index (χ1v) is 5.37. The Bertz CT molecular complexity index is 172. The van der Waals surface area contributed by atoms with Crippen LogP contribution in [0.5, 0.6) is 0 Å². The van der Waals surface area contributed by atoms with Crippen LogP contribution in [0.4, 0.5) is 4.39 Å². The molecule has 0 spiro atoms. The SMILES string of the molecule is NCC1(F)CCN(C2CCC2)CC1. The van der Waals surface area contributed by atoms with Crippen molar-refractivity contribution in [2.24, 2.45) is 5.73 Å². The third kappa shape index (κ3) is 1.86. The van der Waals surface area contributed by atoms with Crippen LogP contribution in [-0.2, 0) is 0 Å². The van der Waals surface area contributed by atoms with Gasteiger partial charge in [0, 0.05) is 25.7 Å². The van der Waals surface area contributed by atoms with E-state index in [1.54, 1.807) is 0 Å². The van der Waals surface area contributed by atoms with E-state index in [1.807, 2.05) is 0 Å². The molecule has 1 aliphatic carbocycles. The minimum absolute atomic E-state index is 0.200. The molecule has 0 bridgehead atoms. The molecule has 3 heteroatoms. The topological polar surface area (TPSA) is 29.3 Å². The normalized spacial score (nSPS) is 30.0. The van der Waals surface area contributed by atoms with Crippen LogP contribution in [0.25, 0.3) is 0 Å². The summed E-state index contributed by atoms with van der Waals surface area (Å²) in [6.07, 6.45) is 5.28. The van der Waals surface area contributed by atoms with Crippen LogP contribution in [0.15, 0.2) is 0 Å². The van der Waals surface area contributed by atoms with Gasteiger partial charge >= 0.3 is 0 Å². The second kappa shape index (κ2) is 3.54. The van der Waals surface area contributed by atoms with Crippen molar-refractivity contribution in [2.45, 2.75) is 43.8 Å². The molecule has 2 N–H and O–H groups in total. The van der Waals surface area contributed by atoms with E-state index < -0.39 is 5.67 Å². The predicted octanol–water partition coefficient (Wildman–Crippen LogP) is 1.30. The third-order valence-corrected chi connectivity index (χ3v) is 3.65. The van der Waals surface area contributed by atoms with E-state index >= 15 is 0 Å². The molecule has 2 fully saturated rings. The largest absolute Gasteiger partial charge is 0.328 e. The van der Waals surface area contributed by atoms with Crippen molar-refractivity contribution in [2.75, 3.05) is 19.6 Å². The van der Waals surface area contributed by atoms with Crippen molar-refractivity contribution in [3.05, 3.63) is 0 Å². The molecule has 1 heterocycles. The van der Waals surface area contributed by atoms with Crippen molar-refractivity contribution >= 4 is 0 Å². The van der Waals surface area contributed by atoms with Crippen LogP contribution in [0, 0.1) is 0 Å². The van der Waals surface area contributed by atoms with E-state index in [0.717, 1.165) is 19.1 Å². The number of rotatable bonds is 2. The Balaban J connectivity index is 1.81. The van der Waals surface area contributed by atoms with E-state index in [9.17, 15) is 4.39 Å². The minimum atomic E-state index is -1.06. The van der Waals surface area contributed by atoms with Gasteiger partial charge < -0.3 is 10.6 Å². The molecule has 13 heavy (non-hydrogen) atoms. The van der Waals surface area contributed by atoms with E-state index in [0.29, 0.717) is 12.8 Å². The van der Waals surface area contributed by atoms with Gasteiger partial charge in [-0.05, 0) is 25.7 Å². The van der Waals surface area contributed by atoms with Crippen molar-refractivity contribution in [3.63, 3.8) is 0 Å².